The summed E-state index contributed by atoms with van der Waals surface area (Å²) in [4.78, 5) is 4.51. The smallest absolute Gasteiger partial charge is 0.142 e. The maximum atomic E-state index is 14.1. The van der Waals surface area contributed by atoms with E-state index in [4.69, 9.17) is 0 Å². The Balaban J connectivity index is 1.81. The molecule has 1 aliphatic heterocycles. The number of imidazole rings is 1. The Morgan fingerprint density at radius 1 is 1.31 bits per heavy atom. The molecule has 2 atom stereocenters. The lowest BCUT2D eigenvalue weighted by molar-refractivity contribution is 0.253. The Labute approximate surface area is 151 Å². The molecule has 1 saturated heterocycles. The minimum Gasteiger partial charge on any atom is -0.395 e. The van der Waals surface area contributed by atoms with Crippen molar-refractivity contribution in [3.8, 4) is 17.1 Å². The molecule has 2 aromatic heterocycles. The van der Waals surface area contributed by atoms with Crippen molar-refractivity contribution in [2.24, 2.45) is 0 Å². The zero-order chi connectivity index (χ0) is 18.3. The van der Waals surface area contributed by atoms with Crippen molar-refractivity contribution in [3.63, 3.8) is 0 Å². The van der Waals surface area contributed by atoms with Crippen LogP contribution in [0.15, 0.2) is 36.7 Å². The van der Waals surface area contributed by atoms with Crippen LogP contribution in [0.25, 0.3) is 17.1 Å². The van der Waals surface area contributed by atoms with Crippen LogP contribution in [-0.2, 0) is 0 Å². The summed E-state index contributed by atoms with van der Waals surface area (Å²) in [6, 6.07) is 6.94. The summed E-state index contributed by atoms with van der Waals surface area (Å²) in [5.41, 5.74) is 3.39. The first-order chi connectivity index (χ1) is 12.6. The summed E-state index contributed by atoms with van der Waals surface area (Å²) in [6.45, 7) is 4.77. The molecular formula is C19H22FN5O. The van der Waals surface area contributed by atoms with Gasteiger partial charge in [-0.1, -0.05) is 0 Å². The van der Waals surface area contributed by atoms with E-state index in [1.807, 2.05) is 30.8 Å². The molecule has 0 saturated carbocycles. The Morgan fingerprint density at radius 3 is 2.85 bits per heavy atom. The largest absolute Gasteiger partial charge is 0.395 e. The second-order valence-electron chi connectivity index (χ2n) is 6.84. The molecule has 1 aromatic carbocycles. The van der Waals surface area contributed by atoms with Crippen molar-refractivity contribution in [1.29, 1.82) is 0 Å². The molecule has 0 bridgehead atoms. The third-order valence-corrected chi connectivity index (χ3v) is 4.92. The average molecular weight is 355 g/mol. The minimum absolute atomic E-state index is 0.0817. The molecule has 26 heavy (non-hydrogen) atoms. The van der Waals surface area contributed by atoms with Gasteiger partial charge in [0.2, 0.25) is 0 Å². The van der Waals surface area contributed by atoms with Gasteiger partial charge >= 0.3 is 0 Å². The Bertz CT molecular complexity index is 932. The molecule has 6 nitrogen and oxygen atoms in total. The van der Waals surface area contributed by atoms with Crippen molar-refractivity contribution < 1.29 is 9.50 Å². The SMILES string of the molecule is Cc1cc(C)n(-c2ccc(F)cc2-c2nccn2[C@@H]2CN[C@@H](CO)C2)n1. The number of halogens is 1. The molecule has 0 aliphatic carbocycles. The van der Waals surface area contributed by atoms with Gasteiger partial charge < -0.3 is 15.0 Å². The highest BCUT2D eigenvalue weighted by Gasteiger charge is 2.27. The lowest BCUT2D eigenvalue weighted by Gasteiger charge is -2.17. The summed E-state index contributed by atoms with van der Waals surface area (Å²) in [6.07, 6.45) is 4.46. The summed E-state index contributed by atoms with van der Waals surface area (Å²) >= 11 is 0. The third-order valence-electron chi connectivity index (χ3n) is 4.92. The number of aliphatic hydroxyl groups excluding tert-OH is 1. The lowest BCUT2D eigenvalue weighted by atomic mass is 10.1. The van der Waals surface area contributed by atoms with Gasteiger partial charge in [0, 0.05) is 42.3 Å². The van der Waals surface area contributed by atoms with Crippen LogP contribution >= 0.6 is 0 Å². The van der Waals surface area contributed by atoms with Gasteiger partial charge in [0.1, 0.15) is 11.6 Å². The Morgan fingerprint density at radius 2 is 2.15 bits per heavy atom. The van der Waals surface area contributed by atoms with E-state index in [0.717, 1.165) is 30.0 Å². The van der Waals surface area contributed by atoms with E-state index in [0.29, 0.717) is 11.4 Å². The molecule has 1 fully saturated rings. The fourth-order valence-corrected chi connectivity index (χ4v) is 3.71. The number of hydrogen-bond acceptors (Lipinski definition) is 4. The van der Waals surface area contributed by atoms with E-state index in [1.165, 1.54) is 12.1 Å². The molecule has 7 heteroatoms. The van der Waals surface area contributed by atoms with Crippen molar-refractivity contribution in [1.82, 2.24) is 24.6 Å². The van der Waals surface area contributed by atoms with Gasteiger partial charge in [-0.2, -0.15) is 5.10 Å². The fourth-order valence-electron chi connectivity index (χ4n) is 3.71. The molecular weight excluding hydrogens is 333 g/mol. The second-order valence-corrected chi connectivity index (χ2v) is 6.84. The van der Waals surface area contributed by atoms with Crippen LogP contribution in [0.4, 0.5) is 4.39 Å². The molecule has 1 aliphatic rings. The molecule has 4 rings (SSSR count). The van der Waals surface area contributed by atoms with Crippen LogP contribution in [-0.4, -0.2) is 43.6 Å². The number of nitrogens with one attached hydrogen (secondary N) is 1. The van der Waals surface area contributed by atoms with E-state index in [2.05, 4.69) is 20.0 Å². The minimum atomic E-state index is -0.308. The number of benzene rings is 1. The predicted molar refractivity (Wildman–Crippen MR) is 96.7 cm³/mol. The number of rotatable bonds is 4. The fraction of sp³-hybridized carbons (Fsp3) is 0.368. The first kappa shape index (κ1) is 16.9. The first-order valence-corrected chi connectivity index (χ1v) is 8.77. The molecule has 0 amide bonds. The summed E-state index contributed by atoms with van der Waals surface area (Å²) < 4.78 is 18.0. The van der Waals surface area contributed by atoms with Crippen LogP contribution in [0, 0.1) is 19.7 Å². The van der Waals surface area contributed by atoms with E-state index < -0.39 is 0 Å². The van der Waals surface area contributed by atoms with Gasteiger partial charge in [0.25, 0.3) is 0 Å². The van der Waals surface area contributed by atoms with Gasteiger partial charge in [-0.05, 0) is 44.5 Å². The van der Waals surface area contributed by atoms with E-state index in [-0.39, 0.29) is 24.5 Å². The number of aryl methyl sites for hydroxylation is 2. The first-order valence-electron chi connectivity index (χ1n) is 8.77. The Hall–Kier alpha value is -2.51. The Kier molecular flexibility index (Phi) is 4.34. The predicted octanol–water partition coefficient (Wildman–Crippen LogP) is 2.39. The third kappa shape index (κ3) is 2.93. The van der Waals surface area contributed by atoms with Gasteiger partial charge in [0.15, 0.2) is 0 Å². The molecule has 3 aromatic rings. The van der Waals surface area contributed by atoms with E-state index >= 15 is 0 Å². The average Bonchev–Trinajstić information content (AvgIpc) is 3.33. The van der Waals surface area contributed by atoms with Gasteiger partial charge in [-0.3, -0.25) is 0 Å². The topological polar surface area (TPSA) is 67.9 Å². The molecule has 0 radical (unpaired) electrons. The number of nitrogens with zero attached hydrogens (tertiary/aromatic N) is 4. The number of hydrogen-bond donors (Lipinski definition) is 2. The van der Waals surface area contributed by atoms with Gasteiger partial charge in [0.05, 0.1) is 18.0 Å². The van der Waals surface area contributed by atoms with Crippen LogP contribution < -0.4 is 5.32 Å². The highest BCUT2D eigenvalue weighted by molar-refractivity contribution is 5.68. The summed E-state index contributed by atoms with van der Waals surface area (Å²) in [5.74, 6) is 0.398. The number of aromatic nitrogens is 4. The monoisotopic (exact) mass is 355 g/mol. The zero-order valence-electron chi connectivity index (χ0n) is 14.9. The van der Waals surface area contributed by atoms with Crippen molar-refractivity contribution in [2.45, 2.75) is 32.4 Å². The summed E-state index contributed by atoms with van der Waals surface area (Å²) in [5, 5.41) is 17.2. The highest BCUT2D eigenvalue weighted by atomic mass is 19.1. The zero-order valence-corrected chi connectivity index (χ0v) is 14.9. The normalized spacial score (nSPS) is 20.0. The van der Waals surface area contributed by atoms with Crippen molar-refractivity contribution in [2.75, 3.05) is 13.2 Å². The quantitative estimate of drug-likeness (QED) is 0.754. The molecule has 2 N–H and O–H groups in total. The van der Waals surface area contributed by atoms with Crippen LogP contribution in [0.5, 0.6) is 0 Å². The van der Waals surface area contributed by atoms with Gasteiger partial charge in [-0.15, -0.1) is 0 Å². The standard InChI is InChI=1S/C19H22FN5O/c1-12-7-13(2)25(23-12)18-4-3-14(20)8-17(18)19-21-5-6-24(19)16-9-15(11-26)22-10-16/h3-8,15-16,22,26H,9-11H2,1-2H3/t15-,16+/m1/s1. The van der Waals surface area contributed by atoms with Gasteiger partial charge in [-0.25, -0.2) is 14.1 Å². The highest BCUT2D eigenvalue weighted by Crippen LogP contribution is 2.31. The molecule has 136 valence electrons. The van der Waals surface area contributed by atoms with E-state index in [9.17, 15) is 9.50 Å². The van der Waals surface area contributed by atoms with Crippen molar-refractivity contribution in [3.05, 3.63) is 53.9 Å². The van der Waals surface area contributed by atoms with Crippen LogP contribution in [0.3, 0.4) is 0 Å². The molecule has 0 spiro atoms. The lowest BCUT2D eigenvalue weighted by Crippen LogP contribution is -2.24. The molecule has 3 heterocycles. The van der Waals surface area contributed by atoms with E-state index in [1.54, 1.807) is 12.3 Å². The van der Waals surface area contributed by atoms with Crippen molar-refractivity contribution >= 4 is 0 Å². The maximum Gasteiger partial charge on any atom is 0.142 e. The van der Waals surface area contributed by atoms with Crippen LogP contribution in [0.1, 0.15) is 23.9 Å². The van der Waals surface area contributed by atoms with Crippen LogP contribution in [0.2, 0.25) is 0 Å². The number of aliphatic hydroxyl groups is 1. The maximum absolute atomic E-state index is 14.1. The summed E-state index contributed by atoms with van der Waals surface area (Å²) in [7, 11) is 0. The second kappa shape index (κ2) is 6.66. The molecule has 0 unspecified atom stereocenters.